The molecule has 0 radical (unpaired) electrons. The number of aliphatic carboxylic acids is 1. The largest absolute Gasteiger partial charge is 0.481 e. The van der Waals surface area contributed by atoms with Crippen molar-refractivity contribution in [2.75, 3.05) is 0 Å². The van der Waals surface area contributed by atoms with E-state index in [9.17, 15) is 9.59 Å². The summed E-state index contributed by atoms with van der Waals surface area (Å²) in [5.74, 6) is -0.769. The minimum Gasteiger partial charge on any atom is -0.481 e. The summed E-state index contributed by atoms with van der Waals surface area (Å²) < 4.78 is 5.88. The van der Waals surface area contributed by atoms with Crippen molar-refractivity contribution >= 4 is 11.9 Å². The molecular formula is C37H66O4. The first kappa shape index (κ1) is 39.2. The van der Waals surface area contributed by atoms with Gasteiger partial charge in [-0.05, 0) is 70.6 Å². The topological polar surface area (TPSA) is 63.6 Å². The van der Waals surface area contributed by atoms with Gasteiger partial charge in [0, 0.05) is 12.8 Å². The van der Waals surface area contributed by atoms with Gasteiger partial charge in [-0.2, -0.15) is 0 Å². The van der Waals surface area contributed by atoms with Crippen LogP contribution >= 0.6 is 0 Å². The average molecular weight is 575 g/mol. The fraction of sp³-hybridized carbons (Fsp3) is 0.784. The minimum absolute atomic E-state index is 0.00353. The highest BCUT2D eigenvalue weighted by atomic mass is 16.5. The smallest absolute Gasteiger partial charge is 0.306 e. The minimum atomic E-state index is -0.728. The lowest BCUT2D eigenvalue weighted by atomic mass is 10.0. The standard InChI is InChI=1S/C37H66O4/c1-3-5-7-9-11-12-13-14-15-16-17-18-19-20-21-22-23-25-30-34-37(40)41-35(31-27-24-10-8-6-4-2)32-28-26-29-33-36(38)39/h5,7,11-12,14-15,35H,3-4,6,8-10,13,16-34H2,1-2H3,(H,38,39)/b7-5-,12-11-,15-14-. The number of esters is 1. The molecule has 0 bridgehead atoms. The number of allylic oxidation sites excluding steroid dienone is 6. The highest BCUT2D eigenvalue weighted by Gasteiger charge is 2.14. The van der Waals surface area contributed by atoms with Crippen LogP contribution in [0.2, 0.25) is 0 Å². The number of carbonyl (C=O) groups excluding carboxylic acids is 1. The second kappa shape index (κ2) is 32.7. The SMILES string of the molecule is CC/C=C\C/C=C\C/C=C\CCCCCCCCCCCC(=O)OC(CCCCCCCC)CCCCCC(=O)O. The van der Waals surface area contributed by atoms with Crippen molar-refractivity contribution in [3.05, 3.63) is 36.5 Å². The van der Waals surface area contributed by atoms with Crippen LogP contribution < -0.4 is 0 Å². The maximum atomic E-state index is 12.5. The van der Waals surface area contributed by atoms with Crippen LogP contribution in [-0.2, 0) is 14.3 Å². The molecule has 4 nitrogen and oxygen atoms in total. The van der Waals surface area contributed by atoms with Crippen molar-refractivity contribution in [3.63, 3.8) is 0 Å². The lowest BCUT2D eigenvalue weighted by molar-refractivity contribution is -0.150. The summed E-state index contributed by atoms with van der Waals surface area (Å²) in [6, 6.07) is 0. The van der Waals surface area contributed by atoms with Crippen LogP contribution in [0.25, 0.3) is 0 Å². The Hall–Kier alpha value is -1.84. The van der Waals surface area contributed by atoms with Crippen LogP contribution in [0.15, 0.2) is 36.5 Å². The highest BCUT2D eigenvalue weighted by molar-refractivity contribution is 5.69. The van der Waals surface area contributed by atoms with Gasteiger partial charge in [0.15, 0.2) is 0 Å². The van der Waals surface area contributed by atoms with Gasteiger partial charge in [0.25, 0.3) is 0 Å². The fourth-order valence-electron chi connectivity index (χ4n) is 5.08. The first-order valence-electron chi connectivity index (χ1n) is 17.5. The number of hydrogen-bond acceptors (Lipinski definition) is 3. The molecule has 0 saturated carbocycles. The number of carbonyl (C=O) groups is 2. The van der Waals surface area contributed by atoms with Gasteiger partial charge >= 0.3 is 11.9 Å². The normalized spacial score (nSPS) is 12.6. The second-order valence-electron chi connectivity index (χ2n) is 11.7. The molecule has 0 aliphatic rings. The van der Waals surface area contributed by atoms with E-state index in [1.165, 1.54) is 83.5 Å². The molecule has 0 aliphatic heterocycles. The Kier molecular flexibility index (Phi) is 31.2. The van der Waals surface area contributed by atoms with E-state index in [2.05, 4.69) is 50.3 Å². The van der Waals surface area contributed by atoms with Crippen molar-refractivity contribution < 1.29 is 19.4 Å². The number of carboxylic acids is 1. The van der Waals surface area contributed by atoms with Crippen molar-refractivity contribution in [1.82, 2.24) is 0 Å². The number of ether oxygens (including phenoxy) is 1. The van der Waals surface area contributed by atoms with Crippen molar-refractivity contribution in [2.24, 2.45) is 0 Å². The Morgan fingerprint density at radius 3 is 1.61 bits per heavy atom. The van der Waals surface area contributed by atoms with Gasteiger partial charge < -0.3 is 9.84 Å². The predicted molar refractivity (Wildman–Crippen MR) is 176 cm³/mol. The summed E-state index contributed by atoms with van der Waals surface area (Å²) in [6.45, 7) is 4.40. The van der Waals surface area contributed by atoms with Gasteiger partial charge in [0.2, 0.25) is 0 Å². The van der Waals surface area contributed by atoms with E-state index >= 15 is 0 Å². The number of hydrogen-bond donors (Lipinski definition) is 1. The van der Waals surface area contributed by atoms with Gasteiger partial charge in [-0.1, -0.05) is 134 Å². The first-order valence-corrected chi connectivity index (χ1v) is 17.5. The Balaban J connectivity index is 3.80. The monoisotopic (exact) mass is 574 g/mol. The van der Waals surface area contributed by atoms with Crippen molar-refractivity contribution in [2.45, 2.75) is 187 Å². The Labute approximate surface area is 254 Å². The molecule has 0 fully saturated rings. The molecule has 1 unspecified atom stereocenters. The van der Waals surface area contributed by atoms with Crippen molar-refractivity contribution in [1.29, 1.82) is 0 Å². The molecule has 0 aliphatic carbocycles. The molecule has 1 atom stereocenters. The molecule has 0 aromatic heterocycles. The zero-order valence-corrected chi connectivity index (χ0v) is 27.1. The van der Waals surface area contributed by atoms with E-state index < -0.39 is 5.97 Å². The third-order valence-corrected chi connectivity index (χ3v) is 7.63. The second-order valence-corrected chi connectivity index (χ2v) is 11.7. The van der Waals surface area contributed by atoms with Gasteiger partial charge in [0.1, 0.15) is 6.10 Å². The molecule has 0 heterocycles. The van der Waals surface area contributed by atoms with E-state index in [0.29, 0.717) is 12.8 Å². The molecular weight excluding hydrogens is 508 g/mol. The fourth-order valence-corrected chi connectivity index (χ4v) is 5.08. The van der Waals surface area contributed by atoms with E-state index in [1.807, 2.05) is 0 Å². The summed E-state index contributed by atoms with van der Waals surface area (Å²) in [6.07, 6.45) is 41.6. The van der Waals surface area contributed by atoms with Gasteiger partial charge in [0.05, 0.1) is 0 Å². The molecule has 0 spiro atoms. The summed E-state index contributed by atoms with van der Waals surface area (Å²) in [4.78, 5) is 23.2. The molecule has 238 valence electrons. The van der Waals surface area contributed by atoms with E-state index in [0.717, 1.165) is 64.2 Å². The molecule has 41 heavy (non-hydrogen) atoms. The van der Waals surface area contributed by atoms with Crippen LogP contribution in [0, 0.1) is 0 Å². The summed E-state index contributed by atoms with van der Waals surface area (Å²) in [7, 11) is 0. The van der Waals surface area contributed by atoms with E-state index in [-0.39, 0.29) is 18.5 Å². The number of rotatable bonds is 31. The maximum Gasteiger partial charge on any atom is 0.306 e. The first-order chi connectivity index (χ1) is 20.1. The summed E-state index contributed by atoms with van der Waals surface area (Å²) in [5, 5.41) is 8.82. The molecule has 4 heteroatoms. The highest BCUT2D eigenvalue weighted by Crippen LogP contribution is 2.18. The van der Waals surface area contributed by atoms with Crippen LogP contribution in [0.1, 0.15) is 181 Å². The predicted octanol–water partition coefficient (Wildman–Crippen LogP) is 11.8. The molecule has 0 saturated heterocycles. The van der Waals surface area contributed by atoms with Gasteiger partial charge in [-0.25, -0.2) is 0 Å². The molecule has 0 amide bonds. The van der Waals surface area contributed by atoms with Crippen LogP contribution in [-0.4, -0.2) is 23.1 Å². The third kappa shape index (κ3) is 32.5. The molecule has 0 aromatic rings. The third-order valence-electron chi connectivity index (χ3n) is 7.63. The Bertz CT molecular complexity index is 664. The van der Waals surface area contributed by atoms with Gasteiger partial charge in [-0.15, -0.1) is 0 Å². The van der Waals surface area contributed by atoms with E-state index in [4.69, 9.17) is 9.84 Å². The van der Waals surface area contributed by atoms with Gasteiger partial charge in [-0.3, -0.25) is 9.59 Å². The molecule has 0 aromatic carbocycles. The van der Waals surface area contributed by atoms with Crippen molar-refractivity contribution in [3.8, 4) is 0 Å². The maximum absolute atomic E-state index is 12.5. The lowest BCUT2D eigenvalue weighted by Gasteiger charge is -2.18. The molecule has 1 N–H and O–H groups in total. The quantitative estimate of drug-likeness (QED) is 0.0508. The Morgan fingerprint density at radius 1 is 0.561 bits per heavy atom. The van der Waals surface area contributed by atoms with Crippen LogP contribution in [0.5, 0.6) is 0 Å². The molecule has 0 rings (SSSR count). The lowest BCUT2D eigenvalue weighted by Crippen LogP contribution is -2.18. The number of carboxylic acid groups (broad SMARTS) is 1. The Morgan fingerprint density at radius 2 is 1.02 bits per heavy atom. The number of unbranched alkanes of at least 4 members (excludes halogenated alkanes) is 16. The van der Waals surface area contributed by atoms with E-state index in [1.54, 1.807) is 0 Å². The zero-order chi connectivity index (χ0) is 30.1. The van der Waals surface area contributed by atoms with Crippen LogP contribution in [0.3, 0.4) is 0 Å². The van der Waals surface area contributed by atoms with Crippen LogP contribution in [0.4, 0.5) is 0 Å². The summed E-state index contributed by atoms with van der Waals surface area (Å²) >= 11 is 0. The summed E-state index contributed by atoms with van der Waals surface area (Å²) in [5.41, 5.74) is 0. The zero-order valence-electron chi connectivity index (χ0n) is 27.1. The average Bonchev–Trinajstić information content (AvgIpc) is 2.95.